The van der Waals surface area contributed by atoms with Gasteiger partial charge in [-0.3, -0.25) is 0 Å². The minimum absolute atomic E-state index is 0.339. The van der Waals surface area contributed by atoms with Gasteiger partial charge in [-0.05, 0) is 61.2 Å². The molecule has 1 unspecified atom stereocenters. The molecule has 3 aromatic carbocycles. The predicted octanol–water partition coefficient (Wildman–Crippen LogP) is 7.25. The Morgan fingerprint density at radius 3 is 2.45 bits per heavy atom. The predicted molar refractivity (Wildman–Crippen MR) is 163 cm³/mol. The maximum atomic E-state index is 12.7. The molecule has 0 saturated carbocycles. The molecule has 2 heterocycles. The van der Waals surface area contributed by atoms with Crippen LogP contribution in [0.1, 0.15) is 29.0 Å². The van der Waals surface area contributed by atoms with Crippen LogP contribution in [0.15, 0.2) is 83.0 Å². The highest BCUT2D eigenvalue weighted by Gasteiger charge is 2.31. The second kappa shape index (κ2) is 13.1. The average molecular weight is 618 g/mol. The molecular formula is C31H26F3N7O2S. The Balaban J connectivity index is 1.26. The number of benzene rings is 3. The summed E-state index contributed by atoms with van der Waals surface area (Å²) in [6.45, 7) is 4.81. The number of nitriles is 1. The SMILES string of the molecule is Cc1cccc(C)c1N1CCCSC1=NC(=O)N=CC(C#N)c1ccc(-c2ncn(-c3ccc(OC(F)(F)F)cc3)n2)cc1. The van der Waals surface area contributed by atoms with E-state index in [0.717, 1.165) is 35.5 Å². The number of aliphatic imine (C=N–C) groups is 2. The number of hydrogen-bond acceptors (Lipinski definition) is 6. The van der Waals surface area contributed by atoms with Gasteiger partial charge in [0.1, 0.15) is 18.0 Å². The number of anilines is 1. The molecular weight excluding hydrogens is 591 g/mol. The molecule has 0 aliphatic carbocycles. The third-order valence-corrected chi connectivity index (χ3v) is 7.78. The number of carbonyl (C=O) groups excluding carboxylic acids is 1. The highest BCUT2D eigenvalue weighted by Crippen LogP contribution is 2.31. The number of amidine groups is 1. The first kappa shape index (κ1) is 30.5. The Bertz CT molecular complexity index is 1720. The molecule has 4 aromatic rings. The van der Waals surface area contributed by atoms with Gasteiger partial charge in [0.15, 0.2) is 11.0 Å². The highest BCUT2D eigenvalue weighted by molar-refractivity contribution is 8.14. The van der Waals surface area contributed by atoms with Crippen LogP contribution in [0.2, 0.25) is 0 Å². The number of rotatable bonds is 6. The number of thioether (sulfide) groups is 1. The number of urea groups is 1. The first-order valence-electron chi connectivity index (χ1n) is 13.5. The van der Waals surface area contributed by atoms with E-state index in [9.17, 15) is 23.2 Å². The van der Waals surface area contributed by atoms with Crippen LogP contribution in [-0.2, 0) is 0 Å². The summed E-state index contributed by atoms with van der Waals surface area (Å²) in [6.07, 6.45) is -1.08. The lowest BCUT2D eigenvalue weighted by Gasteiger charge is -2.31. The third-order valence-electron chi connectivity index (χ3n) is 6.72. The van der Waals surface area contributed by atoms with Crippen LogP contribution >= 0.6 is 11.8 Å². The second-order valence-electron chi connectivity index (χ2n) is 9.83. The largest absolute Gasteiger partial charge is 0.573 e. The normalized spacial score (nSPS) is 15.4. The van der Waals surface area contributed by atoms with Gasteiger partial charge < -0.3 is 9.64 Å². The summed E-state index contributed by atoms with van der Waals surface area (Å²) in [6, 6.07) is 19.7. The molecule has 0 N–H and O–H groups in total. The van der Waals surface area contributed by atoms with Crippen molar-refractivity contribution in [2.45, 2.75) is 32.5 Å². The molecule has 1 aliphatic rings. The summed E-state index contributed by atoms with van der Waals surface area (Å²) in [7, 11) is 0. The van der Waals surface area contributed by atoms with Crippen LogP contribution in [0, 0.1) is 25.2 Å². The maximum Gasteiger partial charge on any atom is 0.573 e. The Kier molecular flexibility index (Phi) is 9.10. The molecule has 13 heteroatoms. The van der Waals surface area contributed by atoms with Gasteiger partial charge in [0.25, 0.3) is 0 Å². The molecule has 0 radical (unpaired) electrons. The van der Waals surface area contributed by atoms with Crippen molar-refractivity contribution < 1.29 is 22.7 Å². The van der Waals surface area contributed by atoms with E-state index in [1.165, 1.54) is 53.3 Å². The molecule has 1 aliphatic heterocycles. The van der Waals surface area contributed by atoms with Crippen molar-refractivity contribution in [3.8, 4) is 28.9 Å². The van der Waals surface area contributed by atoms with Gasteiger partial charge in [0.2, 0.25) is 0 Å². The summed E-state index contributed by atoms with van der Waals surface area (Å²) in [5.74, 6) is 0.0958. The lowest BCUT2D eigenvalue weighted by atomic mass is 10.0. The topological polar surface area (TPSA) is 109 Å². The number of hydrogen-bond donors (Lipinski definition) is 0. The number of amides is 2. The Labute approximate surface area is 255 Å². The smallest absolute Gasteiger partial charge is 0.406 e. The van der Waals surface area contributed by atoms with Gasteiger partial charge in [0, 0.05) is 29.8 Å². The summed E-state index contributed by atoms with van der Waals surface area (Å²) in [4.78, 5) is 27.3. The summed E-state index contributed by atoms with van der Waals surface area (Å²) in [5.41, 5.74) is 5.00. The quantitative estimate of drug-likeness (QED) is 0.210. The molecule has 0 spiro atoms. The number of aryl methyl sites for hydroxylation is 2. The molecule has 44 heavy (non-hydrogen) atoms. The number of alkyl halides is 3. The standard InChI is InChI=1S/C31H26F3N7O2S/c1-20-5-3-6-21(2)27(20)40-15-4-16-44-30(40)38-29(42)36-18-24(17-35)22-7-9-23(10-8-22)28-37-19-41(39-28)25-11-13-26(14-12-25)43-31(32,33)34/h3,5-14,18-19,24H,4,15-16H2,1-2H3. The molecule has 1 fully saturated rings. The molecule has 5 rings (SSSR count). The zero-order valence-electron chi connectivity index (χ0n) is 23.7. The highest BCUT2D eigenvalue weighted by atomic mass is 32.2. The average Bonchev–Trinajstić information content (AvgIpc) is 3.49. The minimum Gasteiger partial charge on any atom is -0.406 e. The zero-order chi connectivity index (χ0) is 31.3. The number of aromatic nitrogens is 3. The summed E-state index contributed by atoms with van der Waals surface area (Å²) in [5, 5.41) is 14.7. The van der Waals surface area contributed by atoms with Gasteiger partial charge in [0.05, 0.1) is 11.8 Å². The first-order chi connectivity index (χ1) is 21.1. The lowest BCUT2D eigenvalue weighted by molar-refractivity contribution is -0.274. The van der Waals surface area contributed by atoms with E-state index >= 15 is 0 Å². The van der Waals surface area contributed by atoms with E-state index in [1.54, 1.807) is 24.3 Å². The van der Waals surface area contributed by atoms with Crippen LogP contribution < -0.4 is 9.64 Å². The third kappa shape index (κ3) is 7.33. The van der Waals surface area contributed by atoms with Crippen LogP contribution in [0.4, 0.5) is 23.7 Å². The molecule has 1 atom stereocenters. The van der Waals surface area contributed by atoms with E-state index < -0.39 is 18.3 Å². The summed E-state index contributed by atoms with van der Waals surface area (Å²) >= 11 is 1.51. The number of carbonyl (C=O) groups is 1. The minimum atomic E-state index is -4.77. The Morgan fingerprint density at radius 2 is 1.80 bits per heavy atom. The van der Waals surface area contributed by atoms with E-state index in [4.69, 9.17) is 0 Å². The molecule has 224 valence electrons. The fourth-order valence-corrected chi connectivity index (χ4v) is 5.63. The number of nitrogens with zero attached hydrogens (tertiary/aromatic N) is 7. The Hall–Kier alpha value is -4.96. The van der Waals surface area contributed by atoms with Crippen molar-refractivity contribution in [3.63, 3.8) is 0 Å². The lowest BCUT2D eigenvalue weighted by Crippen LogP contribution is -2.35. The van der Waals surface area contributed by atoms with Crippen molar-refractivity contribution in [1.82, 2.24) is 14.8 Å². The van der Waals surface area contributed by atoms with E-state index in [0.29, 0.717) is 27.8 Å². The van der Waals surface area contributed by atoms with Crippen LogP contribution in [0.5, 0.6) is 5.75 Å². The van der Waals surface area contributed by atoms with Crippen LogP contribution in [0.25, 0.3) is 17.1 Å². The first-order valence-corrected chi connectivity index (χ1v) is 14.5. The monoisotopic (exact) mass is 617 g/mol. The van der Waals surface area contributed by atoms with Crippen molar-refractivity contribution in [2.24, 2.45) is 9.98 Å². The molecule has 9 nitrogen and oxygen atoms in total. The molecule has 2 amide bonds. The van der Waals surface area contributed by atoms with E-state index in [1.807, 2.05) is 32.0 Å². The number of halogens is 3. The van der Waals surface area contributed by atoms with Gasteiger partial charge in [-0.2, -0.15) is 10.3 Å². The van der Waals surface area contributed by atoms with Crippen LogP contribution in [0.3, 0.4) is 0 Å². The molecule has 1 saturated heterocycles. The van der Waals surface area contributed by atoms with E-state index in [-0.39, 0.29) is 5.75 Å². The van der Waals surface area contributed by atoms with Gasteiger partial charge >= 0.3 is 12.4 Å². The summed E-state index contributed by atoms with van der Waals surface area (Å²) < 4.78 is 42.6. The van der Waals surface area contributed by atoms with Gasteiger partial charge in [-0.1, -0.05) is 54.2 Å². The van der Waals surface area contributed by atoms with Crippen molar-refractivity contribution in [3.05, 3.63) is 89.7 Å². The van der Waals surface area contributed by atoms with Crippen molar-refractivity contribution in [1.29, 1.82) is 5.26 Å². The fraction of sp³-hybridized carbons (Fsp3) is 0.226. The van der Waals surface area contributed by atoms with Crippen LogP contribution in [-0.4, -0.2) is 50.8 Å². The molecule has 1 aromatic heterocycles. The van der Waals surface area contributed by atoms with Crippen molar-refractivity contribution in [2.75, 3.05) is 17.2 Å². The number of para-hydroxylation sites is 1. The maximum absolute atomic E-state index is 12.7. The fourth-order valence-electron chi connectivity index (χ4n) is 4.69. The van der Waals surface area contributed by atoms with Crippen molar-refractivity contribution >= 4 is 34.9 Å². The Morgan fingerprint density at radius 1 is 1.09 bits per heavy atom. The molecule has 0 bridgehead atoms. The van der Waals surface area contributed by atoms with Gasteiger partial charge in [-0.25, -0.2) is 19.5 Å². The van der Waals surface area contributed by atoms with Gasteiger partial charge in [-0.15, -0.1) is 18.3 Å². The van der Waals surface area contributed by atoms with E-state index in [2.05, 4.69) is 35.8 Å². The zero-order valence-corrected chi connectivity index (χ0v) is 24.5. The number of ether oxygens (including phenoxy) is 1. The second-order valence-corrected chi connectivity index (χ2v) is 10.9.